The van der Waals surface area contributed by atoms with Gasteiger partial charge >= 0.3 is 0 Å². The molecule has 1 atom stereocenters. The number of piperidine rings is 1. The third kappa shape index (κ3) is 4.87. The molecule has 1 aromatic rings. The highest BCUT2D eigenvalue weighted by Crippen LogP contribution is 2.21. The highest BCUT2D eigenvalue weighted by molar-refractivity contribution is 6.31. The van der Waals surface area contributed by atoms with E-state index in [-0.39, 0.29) is 24.0 Å². The van der Waals surface area contributed by atoms with Crippen molar-refractivity contribution in [3.8, 4) is 11.8 Å². The Morgan fingerprint density at radius 1 is 1.38 bits per heavy atom. The first-order chi connectivity index (χ1) is 11.5. The van der Waals surface area contributed by atoms with E-state index >= 15 is 0 Å². The van der Waals surface area contributed by atoms with E-state index in [9.17, 15) is 9.59 Å². The van der Waals surface area contributed by atoms with Crippen LogP contribution in [0.2, 0.25) is 5.02 Å². The van der Waals surface area contributed by atoms with Crippen molar-refractivity contribution in [2.75, 3.05) is 19.7 Å². The summed E-state index contributed by atoms with van der Waals surface area (Å²) in [5.74, 6) is -0.0799. The van der Waals surface area contributed by atoms with E-state index in [0.717, 1.165) is 32.4 Å². The second-order valence-corrected chi connectivity index (χ2v) is 6.12. The van der Waals surface area contributed by atoms with Gasteiger partial charge in [-0.2, -0.15) is 5.26 Å². The first-order valence-corrected chi connectivity index (χ1v) is 8.29. The fraction of sp³-hybridized carbons (Fsp3) is 0.471. The van der Waals surface area contributed by atoms with Crippen molar-refractivity contribution in [2.45, 2.75) is 32.2 Å². The minimum absolute atomic E-state index is 0.0682. The lowest BCUT2D eigenvalue weighted by Crippen LogP contribution is -2.49. The van der Waals surface area contributed by atoms with Crippen molar-refractivity contribution < 1.29 is 14.3 Å². The summed E-state index contributed by atoms with van der Waals surface area (Å²) in [4.78, 5) is 26.0. The smallest absolute Gasteiger partial charge is 0.258 e. The lowest BCUT2D eigenvalue weighted by atomic mass is 10.1. The molecule has 0 aromatic heterocycles. The van der Waals surface area contributed by atoms with Gasteiger partial charge in [-0.05, 0) is 44.4 Å². The molecule has 0 saturated carbocycles. The van der Waals surface area contributed by atoms with Crippen LogP contribution in [0.15, 0.2) is 18.2 Å². The summed E-state index contributed by atoms with van der Waals surface area (Å²) in [6.45, 7) is 2.93. The predicted octanol–water partition coefficient (Wildman–Crippen LogP) is 2.11. The number of likely N-dealkylation sites (tertiary alicyclic amines) is 1. The zero-order chi connectivity index (χ0) is 17.5. The van der Waals surface area contributed by atoms with Gasteiger partial charge < -0.3 is 15.0 Å². The molecule has 0 radical (unpaired) electrons. The second kappa shape index (κ2) is 8.55. The molecule has 0 bridgehead atoms. The molecule has 2 rings (SSSR count). The lowest BCUT2D eigenvalue weighted by molar-refractivity contribution is -0.137. The van der Waals surface area contributed by atoms with Gasteiger partial charge in [-0.3, -0.25) is 9.59 Å². The van der Waals surface area contributed by atoms with Crippen LogP contribution in [0.3, 0.4) is 0 Å². The Bertz CT molecular complexity index is 651. The van der Waals surface area contributed by atoms with E-state index in [1.807, 2.05) is 6.07 Å². The summed E-state index contributed by atoms with van der Waals surface area (Å²) >= 11 is 5.84. The van der Waals surface area contributed by atoms with Crippen molar-refractivity contribution in [2.24, 2.45) is 0 Å². The molecule has 1 aliphatic heterocycles. The molecule has 1 heterocycles. The molecule has 1 saturated heterocycles. The third-order valence-electron chi connectivity index (χ3n) is 3.84. The van der Waals surface area contributed by atoms with Crippen LogP contribution in [0.5, 0.6) is 5.75 Å². The van der Waals surface area contributed by atoms with E-state index in [2.05, 4.69) is 5.32 Å². The molecule has 1 fully saturated rings. The van der Waals surface area contributed by atoms with E-state index in [1.165, 1.54) is 12.1 Å². The van der Waals surface area contributed by atoms with Crippen molar-refractivity contribution >= 4 is 23.4 Å². The quantitative estimate of drug-likeness (QED) is 0.882. The SMILES string of the molecule is CC(NC(=O)COc1ccc(Cl)c(C#N)c1)C(=O)N1CCCCC1. The third-order valence-corrected chi connectivity index (χ3v) is 4.17. The number of rotatable bonds is 5. The normalized spacial score (nSPS) is 15.3. The van der Waals surface area contributed by atoms with Crippen LogP contribution in [0.4, 0.5) is 0 Å². The van der Waals surface area contributed by atoms with Gasteiger partial charge in [0.2, 0.25) is 5.91 Å². The Morgan fingerprint density at radius 2 is 2.08 bits per heavy atom. The van der Waals surface area contributed by atoms with Crippen molar-refractivity contribution in [1.82, 2.24) is 10.2 Å². The summed E-state index contributed by atoms with van der Waals surface area (Å²) in [6, 6.07) is 5.95. The highest BCUT2D eigenvalue weighted by Gasteiger charge is 2.23. The molecule has 0 aliphatic carbocycles. The van der Waals surface area contributed by atoms with E-state index in [0.29, 0.717) is 10.8 Å². The number of carbonyl (C=O) groups excluding carboxylic acids is 2. The summed E-state index contributed by atoms with van der Waals surface area (Å²) in [7, 11) is 0. The number of nitriles is 1. The van der Waals surface area contributed by atoms with Crippen LogP contribution >= 0.6 is 11.6 Å². The zero-order valence-electron chi connectivity index (χ0n) is 13.5. The van der Waals surface area contributed by atoms with Crippen LogP contribution < -0.4 is 10.1 Å². The maximum atomic E-state index is 12.2. The molecular formula is C17H20ClN3O3. The monoisotopic (exact) mass is 349 g/mol. The molecule has 2 amide bonds. The molecule has 6 nitrogen and oxygen atoms in total. The minimum Gasteiger partial charge on any atom is -0.484 e. The van der Waals surface area contributed by atoms with Crippen LogP contribution in [0.1, 0.15) is 31.7 Å². The summed E-state index contributed by atoms with van der Waals surface area (Å²) in [5, 5.41) is 11.9. The molecule has 0 spiro atoms. The summed E-state index contributed by atoms with van der Waals surface area (Å²) in [5.41, 5.74) is 0.281. The highest BCUT2D eigenvalue weighted by atomic mass is 35.5. The van der Waals surface area contributed by atoms with Crippen LogP contribution in [0, 0.1) is 11.3 Å². The Hall–Kier alpha value is -2.26. The number of nitrogens with one attached hydrogen (secondary N) is 1. The maximum absolute atomic E-state index is 12.2. The standard InChI is InChI=1S/C17H20ClN3O3/c1-12(17(23)21-7-3-2-4-8-21)20-16(22)11-24-14-5-6-15(18)13(9-14)10-19/h5-6,9,12H,2-4,7-8,11H2,1H3,(H,20,22). The fourth-order valence-electron chi connectivity index (χ4n) is 2.56. The average Bonchev–Trinajstić information content (AvgIpc) is 2.61. The van der Waals surface area contributed by atoms with Crippen molar-refractivity contribution in [3.63, 3.8) is 0 Å². The molecule has 7 heteroatoms. The molecule has 1 unspecified atom stereocenters. The number of amides is 2. The van der Waals surface area contributed by atoms with Gasteiger partial charge in [0.1, 0.15) is 17.9 Å². The molecule has 1 aromatic carbocycles. The van der Waals surface area contributed by atoms with Crippen molar-refractivity contribution in [1.29, 1.82) is 5.26 Å². The first kappa shape index (κ1) is 18.1. The van der Waals surface area contributed by atoms with Gasteiger partial charge in [0.05, 0.1) is 10.6 Å². The molecule has 1 N–H and O–H groups in total. The number of halogens is 1. The largest absolute Gasteiger partial charge is 0.484 e. The Balaban J connectivity index is 1.82. The second-order valence-electron chi connectivity index (χ2n) is 5.72. The number of nitrogens with zero attached hydrogens (tertiary/aromatic N) is 2. The van der Waals surface area contributed by atoms with Gasteiger partial charge in [0.15, 0.2) is 6.61 Å². The van der Waals surface area contributed by atoms with Crippen LogP contribution in [-0.4, -0.2) is 42.5 Å². The molecule has 1 aliphatic rings. The summed E-state index contributed by atoms with van der Waals surface area (Å²) in [6.07, 6.45) is 3.16. The van der Waals surface area contributed by atoms with Crippen LogP contribution in [0.25, 0.3) is 0 Å². The number of ether oxygens (including phenoxy) is 1. The van der Waals surface area contributed by atoms with E-state index < -0.39 is 6.04 Å². The molecule has 128 valence electrons. The summed E-state index contributed by atoms with van der Waals surface area (Å²) < 4.78 is 5.34. The van der Waals surface area contributed by atoms with Gasteiger partial charge in [-0.25, -0.2) is 0 Å². The fourth-order valence-corrected chi connectivity index (χ4v) is 2.72. The Labute approximate surface area is 146 Å². The molecular weight excluding hydrogens is 330 g/mol. The van der Waals surface area contributed by atoms with E-state index in [1.54, 1.807) is 17.9 Å². The van der Waals surface area contributed by atoms with Gasteiger partial charge in [-0.1, -0.05) is 11.6 Å². The number of hydrogen-bond acceptors (Lipinski definition) is 4. The van der Waals surface area contributed by atoms with Gasteiger partial charge in [-0.15, -0.1) is 0 Å². The topological polar surface area (TPSA) is 82.4 Å². The predicted molar refractivity (Wildman–Crippen MR) is 89.7 cm³/mol. The maximum Gasteiger partial charge on any atom is 0.258 e. The Kier molecular flexibility index (Phi) is 6.44. The number of hydrogen-bond donors (Lipinski definition) is 1. The van der Waals surface area contributed by atoms with Crippen LogP contribution in [-0.2, 0) is 9.59 Å². The minimum atomic E-state index is -0.584. The average molecular weight is 350 g/mol. The van der Waals surface area contributed by atoms with E-state index in [4.69, 9.17) is 21.6 Å². The van der Waals surface area contributed by atoms with Gasteiger partial charge in [0, 0.05) is 13.1 Å². The van der Waals surface area contributed by atoms with Crippen molar-refractivity contribution in [3.05, 3.63) is 28.8 Å². The first-order valence-electron chi connectivity index (χ1n) is 7.92. The Morgan fingerprint density at radius 3 is 2.75 bits per heavy atom. The van der Waals surface area contributed by atoms with Gasteiger partial charge in [0.25, 0.3) is 5.91 Å². The zero-order valence-corrected chi connectivity index (χ0v) is 14.3. The number of carbonyl (C=O) groups is 2. The number of benzene rings is 1. The molecule has 24 heavy (non-hydrogen) atoms. The lowest BCUT2D eigenvalue weighted by Gasteiger charge is -2.29.